The van der Waals surface area contributed by atoms with E-state index in [4.69, 9.17) is 4.74 Å². The Kier molecular flexibility index (Phi) is 1.69. The second kappa shape index (κ2) is 2.42. The summed E-state index contributed by atoms with van der Waals surface area (Å²) in [5.74, 6) is 1.03. The molecule has 0 amide bonds. The van der Waals surface area contributed by atoms with Crippen LogP contribution < -0.4 is 0 Å². The third-order valence-electron chi connectivity index (χ3n) is 3.06. The van der Waals surface area contributed by atoms with Crippen molar-refractivity contribution in [2.45, 2.75) is 31.8 Å². The molecule has 0 aromatic rings. The maximum Gasteiger partial charge on any atom is 0.0639 e. The van der Waals surface area contributed by atoms with Crippen molar-refractivity contribution in [2.24, 2.45) is 5.41 Å². The summed E-state index contributed by atoms with van der Waals surface area (Å²) in [5.41, 5.74) is 0.489. The largest absolute Gasteiger partial charge is 0.378 e. The Labute approximate surface area is 67.6 Å². The van der Waals surface area contributed by atoms with Crippen LogP contribution in [0.4, 0.5) is 0 Å². The molecule has 0 bridgehead atoms. The highest BCUT2D eigenvalue weighted by Gasteiger charge is 2.46. The Bertz CT molecular complexity index is 125. The van der Waals surface area contributed by atoms with E-state index in [9.17, 15) is 0 Å². The second-order valence-corrected chi connectivity index (χ2v) is 3.84. The molecule has 0 radical (unpaired) electrons. The molecule has 1 aliphatic carbocycles. The SMILES string of the molecule is SCC12CCCC1OCC2. The van der Waals surface area contributed by atoms with E-state index in [2.05, 4.69) is 12.6 Å². The lowest BCUT2D eigenvalue weighted by Crippen LogP contribution is -2.26. The highest BCUT2D eigenvalue weighted by Crippen LogP contribution is 2.47. The smallest absolute Gasteiger partial charge is 0.0639 e. The van der Waals surface area contributed by atoms with Crippen LogP contribution in [0.1, 0.15) is 25.7 Å². The van der Waals surface area contributed by atoms with Gasteiger partial charge in [-0.1, -0.05) is 6.42 Å². The lowest BCUT2D eigenvalue weighted by Gasteiger charge is -2.24. The van der Waals surface area contributed by atoms with Crippen LogP contribution >= 0.6 is 12.6 Å². The highest BCUT2D eigenvalue weighted by atomic mass is 32.1. The molecule has 1 saturated heterocycles. The number of ether oxygens (including phenoxy) is 1. The molecule has 0 aromatic heterocycles. The summed E-state index contributed by atoms with van der Waals surface area (Å²) >= 11 is 4.40. The van der Waals surface area contributed by atoms with Crippen LogP contribution in [0.2, 0.25) is 0 Å². The molecule has 1 heterocycles. The number of thiol groups is 1. The van der Waals surface area contributed by atoms with Gasteiger partial charge in [0.2, 0.25) is 0 Å². The topological polar surface area (TPSA) is 9.23 Å². The Morgan fingerprint density at radius 1 is 1.50 bits per heavy atom. The Morgan fingerprint density at radius 2 is 2.40 bits per heavy atom. The highest BCUT2D eigenvalue weighted by molar-refractivity contribution is 7.80. The molecule has 1 nitrogen and oxygen atoms in total. The van der Waals surface area contributed by atoms with Gasteiger partial charge in [-0.25, -0.2) is 0 Å². The zero-order valence-electron chi connectivity index (χ0n) is 6.18. The van der Waals surface area contributed by atoms with E-state index in [1.165, 1.54) is 25.7 Å². The number of rotatable bonds is 1. The predicted octanol–water partition coefficient (Wildman–Crippen LogP) is 1.88. The summed E-state index contributed by atoms with van der Waals surface area (Å²) in [5, 5.41) is 0. The molecule has 2 heteroatoms. The van der Waals surface area contributed by atoms with Gasteiger partial charge in [-0.15, -0.1) is 0 Å². The van der Waals surface area contributed by atoms with E-state index in [1.54, 1.807) is 0 Å². The number of fused-ring (bicyclic) bond motifs is 1. The lowest BCUT2D eigenvalue weighted by molar-refractivity contribution is 0.0789. The second-order valence-electron chi connectivity index (χ2n) is 3.52. The molecule has 1 aliphatic heterocycles. The van der Waals surface area contributed by atoms with E-state index in [1.807, 2.05) is 0 Å². The van der Waals surface area contributed by atoms with Gasteiger partial charge in [-0.3, -0.25) is 0 Å². The van der Waals surface area contributed by atoms with Crippen molar-refractivity contribution in [1.29, 1.82) is 0 Å². The standard InChI is InChI=1S/C8H14OS/c10-6-8-3-1-2-7(8)9-5-4-8/h7,10H,1-6H2. The average molecular weight is 158 g/mol. The third-order valence-corrected chi connectivity index (χ3v) is 3.69. The lowest BCUT2D eigenvalue weighted by atomic mass is 9.85. The quantitative estimate of drug-likeness (QED) is 0.573. The summed E-state index contributed by atoms with van der Waals surface area (Å²) < 4.78 is 5.62. The van der Waals surface area contributed by atoms with Gasteiger partial charge in [-0.05, 0) is 25.0 Å². The molecule has 2 atom stereocenters. The van der Waals surface area contributed by atoms with Crippen molar-refractivity contribution in [3.05, 3.63) is 0 Å². The summed E-state index contributed by atoms with van der Waals surface area (Å²) in [6.07, 6.45) is 5.79. The van der Waals surface area contributed by atoms with E-state index in [0.717, 1.165) is 12.4 Å². The maximum atomic E-state index is 5.62. The van der Waals surface area contributed by atoms with Gasteiger partial charge < -0.3 is 4.74 Å². The fourth-order valence-corrected chi connectivity index (χ4v) is 2.84. The number of hydrogen-bond acceptors (Lipinski definition) is 2. The van der Waals surface area contributed by atoms with Crippen LogP contribution in [0.15, 0.2) is 0 Å². The van der Waals surface area contributed by atoms with Crippen LogP contribution in [0.3, 0.4) is 0 Å². The average Bonchev–Trinajstić information content (AvgIpc) is 2.42. The van der Waals surface area contributed by atoms with Crippen molar-refractivity contribution in [3.63, 3.8) is 0 Å². The molecule has 0 aromatic carbocycles. The first kappa shape index (κ1) is 6.99. The van der Waals surface area contributed by atoms with Crippen LogP contribution in [-0.2, 0) is 4.74 Å². The summed E-state index contributed by atoms with van der Waals surface area (Å²) in [6, 6.07) is 0. The maximum absolute atomic E-state index is 5.62. The van der Waals surface area contributed by atoms with E-state index >= 15 is 0 Å². The van der Waals surface area contributed by atoms with Gasteiger partial charge in [0.25, 0.3) is 0 Å². The first-order valence-electron chi connectivity index (χ1n) is 4.10. The van der Waals surface area contributed by atoms with Gasteiger partial charge in [0.1, 0.15) is 0 Å². The van der Waals surface area contributed by atoms with Gasteiger partial charge in [-0.2, -0.15) is 12.6 Å². The minimum Gasteiger partial charge on any atom is -0.378 e. The normalized spacial score (nSPS) is 45.9. The Hall–Kier alpha value is 0.310. The number of hydrogen-bond donors (Lipinski definition) is 1. The fraction of sp³-hybridized carbons (Fsp3) is 1.00. The van der Waals surface area contributed by atoms with Crippen LogP contribution in [0.5, 0.6) is 0 Å². The first-order chi connectivity index (χ1) is 4.87. The van der Waals surface area contributed by atoms with Crippen molar-refractivity contribution < 1.29 is 4.74 Å². The summed E-state index contributed by atoms with van der Waals surface area (Å²) in [7, 11) is 0. The monoisotopic (exact) mass is 158 g/mol. The zero-order valence-corrected chi connectivity index (χ0v) is 7.07. The molecule has 2 unspecified atom stereocenters. The molecule has 2 rings (SSSR count). The van der Waals surface area contributed by atoms with Crippen LogP contribution in [0.25, 0.3) is 0 Å². The molecule has 2 aliphatic rings. The van der Waals surface area contributed by atoms with Gasteiger partial charge >= 0.3 is 0 Å². The van der Waals surface area contributed by atoms with E-state index in [-0.39, 0.29) is 0 Å². The molecule has 0 spiro atoms. The van der Waals surface area contributed by atoms with Crippen LogP contribution in [0, 0.1) is 5.41 Å². The van der Waals surface area contributed by atoms with E-state index < -0.39 is 0 Å². The first-order valence-corrected chi connectivity index (χ1v) is 4.73. The molecular weight excluding hydrogens is 144 g/mol. The van der Waals surface area contributed by atoms with E-state index in [0.29, 0.717) is 11.5 Å². The van der Waals surface area contributed by atoms with Crippen LogP contribution in [-0.4, -0.2) is 18.5 Å². The van der Waals surface area contributed by atoms with Gasteiger partial charge in [0.05, 0.1) is 6.10 Å². The summed E-state index contributed by atoms with van der Waals surface area (Å²) in [6.45, 7) is 0.977. The Balaban J connectivity index is 2.15. The molecule has 1 saturated carbocycles. The molecular formula is C8H14OS. The molecule has 0 N–H and O–H groups in total. The Morgan fingerprint density at radius 3 is 3.10 bits per heavy atom. The molecule has 2 fully saturated rings. The third kappa shape index (κ3) is 0.817. The minimum atomic E-state index is 0.489. The van der Waals surface area contributed by atoms with Gasteiger partial charge in [0, 0.05) is 12.0 Å². The predicted molar refractivity (Wildman–Crippen MR) is 44.5 cm³/mol. The van der Waals surface area contributed by atoms with Crippen molar-refractivity contribution in [1.82, 2.24) is 0 Å². The van der Waals surface area contributed by atoms with Crippen molar-refractivity contribution in [3.8, 4) is 0 Å². The fourth-order valence-electron chi connectivity index (χ4n) is 2.32. The van der Waals surface area contributed by atoms with Crippen molar-refractivity contribution >= 4 is 12.6 Å². The molecule has 10 heavy (non-hydrogen) atoms. The summed E-state index contributed by atoms with van der Waals surface area (Å²) in [4.78, 5) is 0. The minimum absolute atomic E-state index is 0.489. The van der Waals surface area contributed by atoms with Gasteiger partial charge in [0.15, 0.2) is 0 Å². The zero-order chi connectivity index (χ0) is 7.03. The molecule has 58 valence electrons. The van der Waals surface area contributed by atoms with Crippen molar-refractivity contribution in [2.75, 3.05) is 12.4 Å².